The van der Waals surface area contributed by atoms with Gasteiger partial charge < -0.3 is 34.8 Å². The van der Waals surface area contributed by atoms with Crippen molar-refractivity contribution >= 4 is 7.32 Å². The van der Waals surface area contributed by atoms with Gasteiger partial charge in [-0.2, -0.15) is 0 Å². The molecule has 0 unspecified atom stereocenters. The summed E-state index contributed by atoms with van der Waals surface area (Å²) in [6.45, 7) is 1.73. The van der Waals surface area contributed by atoms with Crippen LogP contribution in [-0.2, 0) is 9.47 Å². The first kappa shape index (κ1) is 31.9. The number of hydrogen-bond donors (Lipinski definition) is 2. The van der Waals surface area contributed by atoms with E-state index in [1.807, 2.05) is 0 Å². The van der Waals surface area contributed by atoms with Crippen molar-refractivity contribution in [1.29, 1.82) is 0 Å². The third kappa shape index (κ3) is 55.3. The van der Waals surface area contributed by atoms with Crippen LogP contribution in [0.3, 0.4) is 0 Å². The summed E-state index contributed by atoms with van der Waals surface area (Å²) in [5, 5.41) is 41.8. The molecule has 17 heavy (non-hydrogen) atoms. The minimum Gasteiger partial charge on any atom is -0.907 e. The van der Waals surface area contributed by atoms with Crippen molar-refractivity contribution < 1.29 is 123 Å². The minimum absolute atomic E-state index is 0. The second-order valence-electron chi connectivity index (χ2n) is 1.96. The SMILES string of the molecule is OCCOCCOCCO.[Na+].[Na+].[Na+].[O-]B([O-])[O-]. The summed E-state index contributed by atoms with van der Waals surface area (Å²) in [4.78, 5) is 0. The standard InChI is InChI=1S/C6H14O4.BO3.3Na/c7-1-3-9-5-6-10-4-2-8;2-1(3)4;;;/h7-8H,1-6H2;;;;/q;-3;3*+1. The predicted molar refractivity (Wildman–Crippen MR) is 41.6 cm³/mol. The predicted octanol–water partition coefficient (Wildman–Crippen LogP) is -13.9. The summed E-state index contributed by atoms with van der Waals surface area (Å²) in [6.07, 6.45) is 0. The molecule has 0 radical (unpaired) electrons. The summed E-state index contributed by atoms with van der Waals surface area (Å²) in [6, 6.07) is 0. The van der Waals surface area contributed by atoms with E-state index in [1.165, 1.54) is 0 Å². The Balaban J connectivity index is -0.0000000607. The van der Waals surface area contributed by atoms with Gasteiger partial charge in [-0.3, -0.25) is 7.32 Å². The van der Waals surface area contributed by atoms with Crippen molar-refractivity contribution in [2.24, 2.45) is 0 Å². The van der Waals surface area contributed by atoms with E-state index in [4.69, 9.17) is 34.8 Å². The number of rotatable bonds is 7. The van der Waals surface area contributed by atoms with E-state index < -0.39 is 7.32 Å². The molecule has 2 N–H and O–H groups in total. The van der Waals surface area contributed by atoms with Crippen molar-refractivity contribution in [3.63, 3.8) is 0 Å². The van der Waals surface area contributed by atoms with Crippen molar-refractivity contribution in [3.8, 4) is 0 Å². The van der Waals surface area contributed by atoms with Gasteiger partial charge in [-0.05, 0) is 0 Å². The number of aliphatic hydroxyl groups is 2. The minimum atomic E-state index is -2.92. The van der Waals surface area contributed by atoms with Crippen LogP contribution in [0.5, 0.6) is 0 Å². The van der Waals surface area contributed by atoms with Gasteiger partial charge in [0, 0.05) is 0 Å². The Morgan fingerprint density at radius 2 is 0.941 bits per heavy atom. The van der Waals surface area contributed by atoms with Crippen LogP contribution in [-0.4, -0.2) is 57.2 Å². The molecular formula is C6H14BNa3O7. The van der Waals surface area contributed by atoms with E-state index in [0.717, 1.165) is 0 Å². The van der Waals surface area contributed by atoms with Crippen LogP contribution in [0.4, 0.5) is 0 Å². The van der Waals surface area contributed by atoms with Crippen molar-refractivity contribution in [1.82, 2.24) is 0 Å². The Morgan fingerprint density at radius 3 is 1.12 bits per heavy atom. The van der Waals surface area contributed by atoms with Gasteiger partial charge in [0.1, 0.15) is 0 Å². The summed E-state index contributed by atoms with van der Waals surface area (Å²) < 4.78 is 9.75. The van der Waals surface area contributed by atoms with Gasteiger partial charge in [0.2, 0.25) is 0 Å². The van der Waals surface area contributed by atoms with E-state index in [0.29, 0.717) is 26.4 Å². The molecule has 0 aromatic heterocycles. The van der Waals surface area contributed by atoms with Gasteiger partial charge in [0.15, 0.2) is 0 Å². The van der Waals surface area contributed by atoms with Crippen LogP contribution < -0.4 is 104 Å². The summed E-state index contributed by atoms with van der Waals surface area (Å²) in [5.41, 5.74) is 0. The molecule has 0 aliphatic carbocycles. The van der Waals surface area contributed by atoms with Crippen LogP contribution in [0.15, 0.2) is 0 Å². The van der Waals surface area contributed by atoms with Crippen molar-refractivity contribution in [2.75, 3.05) is 39.6 Å². The molecule has 0 amide bonds. The Kier molecular flexibility index (Phi) is 58.7. The molecule has 0 fully saturated rings. The maximum Gasteiger partial charge on any atom is 1.00 e. The number of aliphatic hydroxyl groups excluding tert-OH is 2. The normalized spacial score (nSPS) is 7.59. The third-order valence-electron chi connectivity index (χ3n) is 0.843. The summed E-state index contributed by atoms with van der Waals surface area (Å²) in [5.74, 6) is 0. The molecule has 0 aromatic rings. The zero-order valence-electron chi connectivity index (χ0n) is 10.8. The molecule has 0 spiro atoms. The van der Waals surface area contributed by atoms with Crippen LogP contribution >= 0.6 is 0 Å². The Labute approximate surface area is 168 Å². The number of hydrogen-bond acceptors (Lipinski definition) is 7. The molecule has 0 saturated carbocycles. The molecule has 0 heterocycles. The van der Waals surface area contributed by atoms with E-state index in [2.05, 4.69) is 0 Å². The summed E-state index contributed by atoms with van der Waals surface area (Å²) >= 11 is 0. The fourth-order valence-electron chi connectivity index (χ4n) is 0.451. The molecule has 0 aliphatic rings. The molecule has 0 atom stereocenters. The van der Waals surface area contributed by atoms with E-state index in [9.17, 15) is 0 Å². The topological polar surface area (TPSA) is 128 Å². The van der Waals surface area contributed by atoms with Crippen LogP contribution in [0.1, 0.15) is 0 Å². The molecule has 7 nitrogen and oxygen atoms in total. The molecular weight excluding hydrogens is 264 g/mol. The van der Waals surface area contributed by atoms with Gasteiger partial charge in [-0.15, -0.1) is 0 Å². The maximum atomic E-state index is 8.42. The molecule has 11 heteroatoms. The first-order valence-corrected chi connectivity index (χ1v) is 3.99. The van der Waals surface area contributed by atoms with Gasteiger partial charge in [-0.25, -0.2) is 0 Å². The Bertz CT molecular complexity index is 92.9. The second kappa shape index (κ2) is 31.3. The van der Waals surface area contributed by atoms with E-state index in [1.54, 1.807) is 0 Å². The quantitative estimate of drug-likeness (QED) is 0.349. The van der Waals surface area contributed by atoms with Gasteiger partial charge >= 0.3 is 88.7 Å². The van der Waals surface area contributed by atoms with E-state index >= 15 is 0 Å². The zero-order valence-corrected chi connectivity index (χ0v) is 16.8. The molecule has 0 saturated heterocycles. The van der Waals surface area contributed by atoms with Crippen LogP contribution in [0.2, 0.25) is 0 Å². The molecule has 86 valence electrons. The first-order chi connectivity index (χ1) is 6.65. The third-order valence-corrected chi connectivity index (χ3v) is 0.843. The summed E-state index contributed by atoms with van der Waals surface area (Å²) in [7, 11) is -2.92. The van der Waals surface area contributed by atoms with Crippen LogP contribution in [0, 0.1) is 0 Å². The van der Waals surface area contributed by atoms with Crippen LogP contribution in [0.25, 0.3) is 0 Å². The Hall–Kier alpha value is 2.78. The van der Waals surface area contributed by atoms with Gasteiger partial charge in [-0.1, -0.05) is 0 Å². The average Bonchev–Trinajstić information content (AvgIpc) is 2.10. The van der Waals surface area contributed by atoms with Gasteiger partial charge in [0.25, 0.3) is 0 Å². The fraction of sp³-hybridized carbons (Fsp3) is 1.00. The average molecular weight is 278 g/mol. The van der Waals surface area contributed by atoms with E-state index in [-0.39, 0.29) is 102 Å². The molecule has 0 aliphatic heterocycles. The maximum absolute atomic E-state index is 8.42. The van der Waals surface area contributed by atoms with Crippen molar-refractivity contribution in [2.45, 2.75) is 0 Å². The molecule has 0 rings (SSSR count). The first-order valence-electron chi connectivity index (χ1n) is 3.99. The largest absolute Gasteiger partial charge is 1.00 e. The smallest absolute Gasteiger partial charge is 0.907 e. The second-order valence-corrected chi connectivity index (χ2v) is 1.96. The van der Waals surface area contributed by atoms with Gasteiger partial charge in [0.05, 0.1) is 39.6 Å². The Morgan fingerprint density at radius 1 is 0.706 bits per heavy atom. The monoisotopic (exact) mass is 278 g/mol. The number of ether oxygens (including phenoxy) is 2. The van der Waals surface area contributed by atoms with Crippen molar-refractivity contribution in [3.05, 3.63) is 0 Å². The fourth-order valence-corrected chi connectivity index (χ4v) is 0.451. The zero-order chi connectivity index (χ0) is 11.2. The molecule has 0 aromatic carbocycles. The molecule has 0 bridgehead atoms.